The number of fused-ring (bicyclic) bond motifs is 5. The lowest BCUT2D eigenvalue weighted by Gasteiger charge is -2.51. The summed E-state index contributed by atoms with van der Waals surface area (Å²) in [6.45, 7) is 2.37. The molecule has 2 atom stereocenters. The van der Waals surface area contributed by atoms with E-state index in [1.54, 1.807) is 50.4 Å². The molecule has 3 heterocycles. The number of carbonyl (C=O) groups excluding carboxylic acids is 2. The van der Waals surface area contributed by atoms with Gasteiger partial charge in [-0.2, -0.15) is 0 Å². The van der Waals surface area contributed by atoms with E-state index in [0.717, 1.165) is 39.0 Å². The van der Waals surface area contributed by atoms with Crippen molar-refractivity contribution in [3.8, 4) is 23.0 Å². The van der Waals surface area contributed by atoms with E-state index in [2.05, 4.69) is 11.1 Å². The third-order valence-electron chi connectivity index (χ3n) is 8.43. The van der Waals surface area contributed by atoms with Gasteiger partial charge in [0.05, 0.1) is 34.1 Å². The third-order valence-corrected chi connectivity index (χ3v) is 8.43. The van der Waals surface area contributed by atoms with Crippen molar-refractivity contribution in [1.29, 1.82) is 0 Å². The van der Waals surface area contributed by atoms with Crippen LogP contribution in [0, 0.1) is 0 Å². The van der Waals surface area contributed by atoms with Crippen LogP contribution in [-0.2, 0) is 21.7 Å². The second kappa shape index (κ2) is 10.1. The van der Waals surface area contributed by atoms with Gasteiger partial charge < -0.3 is 33.7 Å². The number of benzene rings is 3. The fourth-order valence-electron chi connectivity index (χ4n) is 6.49. The zero-order chi connectivity index (χ0) is 28.9. The lowest BCUT2D eigenvalue weighted by atomic mass is 9.76. The first-order valence-electron chi connectivity index (χ1n) is 13.5. The predicted octanol–water partition coefficient (Wildman–Crippen LogP) is 4.43. The molecule has 9 heteroatoms. The first kappa shape index (κ1) is 26.6. The van der Waals surface area contributed by atoms with E-state index in [9.17, 15) is 9.59 Å². The Balaban J connectivity index is 1.47. The van der Waals surface area contributed by atoms with Gasteiger partial charge in [-0.3, -0.25) is 9.59 Å². The van der Waals surface area contributed by atoms with Gasteiger partial charge in [-0.15, -0.1) is 0 Å². The molecular weight excluding hydrogens is 522 g/mol. The summed E-state index contributed by atoms with van der Waals surface area (Å²) in [5, 5.41) is 1.03. The SMILES string of the molecule is COc1ccccc1[C@@H]1CN2C(=O)CN(Cc3cc(OC)c(OC)c(OC)c3)C(=O)[C@]2(C)c2[nH]c3ccccc3c21. The lowest BCUT2D eigenvalue weighted by Crippen LogP contribution is -2.67. The first-order valence-corrected chi connectivity index (χ1v) is 13.5. The number of aromatic nitrogens is 1. The van der Waals surface area contributed by atoms with Crippen molar-refractivity contribution in [3.63, 3.8) is 0 Å². The Bertz CT molecular complexity index is 1640. The van der Waals surface area contributed by atoms with Crippen LogP contribution in [0.1, 0.15) is 35.2 Å². The minimum atomic E-state index is -1.22. The molecule has 2 amide bonds. The number of aromatic amines is 1. The molecule has 4 aromatic rings. The fraction of sp³-hybridized carbons (Fsp3) is 0.312. The smallest absolute Gasteiger partial charge is 0.255 e. The van der Waals surface area contributed by atoms with Gasteiger partial charge in [-0.25, -0.2) is 0 Å². The van der Waals surface area contributed by atoms with Gasteiger partial charge in [0.15, 0.2) is 17.0 Å². The van der Waals surface area contributed by atoms with Crippen molar-refractivity contribution in [2.45, 2.75) is 24.9 Å². The molecule has 1 aromatic heterocycles. The highest BCUT2D eigenvalue weighted by molar-refractivity contribution is 6.01. The standard InChI is InChI=1S/C32H33N3O6/c1-32-30-28(21-11-6-8-12-23(21)33-30)22(20-10-7-9-13-24(20)38-2)17-35(32)27(36)18-34(31(32)37)16-19-14-25(39-3)29(41-5)26(15-19)40-4/h6-15,22,33H,16-18H2,1-5H3/t22-,32-/m0/s1. The molecule has 2 aliphatic heterocycles. The van der Waals surface area contributed by atoms with Crippen LogP contribution in [0.5, 0.6) is 23.0 Å². The summed E-state index contributed by atoms with van der Waals surface area (Å²) in [5.74, 6) is 1.73. The van der Waals surface area contributed by atoms with E-state index < -0.39 is 5.54 Å². The molecule has 9 nitrogen and oxygen atoms in total. The molecule has 0 radical (unpaired) electrons. The summed E-state index contributed by atoms with van der Waals surface area (Å²) in [5.41, 5.74) is 3.18. The number of nitrogens with zero attached hydrogens (tertiary/aromatic N) is 2. The highest BCUT2D eigenvalue weighted by Crippen LogP contribution is 2.49. The van der Waals surface area contributed by atoms with Crippen LogP contribution < -0.4 is 18.9 Å². The number of amides is 2. The van der Waals surface area contributed by atoms with Gasteiger partial charge in [-0.05, 0) is 42.3 Å². The molecule has 1 saturated heterocycles. The maximum absolute atomic E-state index is 14.5. The molecule has 6 rings (SSSR count). The largest absolute Gasteiger partial charge is 0.496 e. The van der Waals surface area contributed by atoms with E-state index in [1.807, 2.05) is 49.4 Å². The van der Waals surface area contributed by atoms with Crippen LogP contribution in [0.4, 0.5) is 0 Å². The van der Waals surface area contributed by atoms with Crippen molar-refractivity contribution < 1.29 is 28.5 Å². The number of para-hydroxylation sites is 2. The van der Waals surface area contributed by atoms with Gasteiger partial charge in [0.25, 0.3) is 5.91 Å². The molecule has 3 aromatic carbocycles. The van der Waals surface area contributed by atoms with Gasteiger partial charge in [0, 0.05) is 35.5 Å². The van der Waals surface area contributed by atoms with E-state index in [4.69, 9.17) is 18.9 Å². The van der Waals surface area contributed by atoms with Gasteiger partial charge in [0.2, 0.25) is 11.7 Å². The number of hydrogen-bond donors (Lipinski definition) is 1. The van der Waals surface area contributed by atoms with Gasteiger partial charge in [0.1, 0.15) is 12.3 Å². The summed E-state index contributed by atoms with van der Waals surface area (Å²) in [6, 6.07) is 19.5. The number of carbonyl (C=O) groups is 2. The van der Waals surface area contributed by atoms with Crippen molar-refractivity contribution >= 4 is 22.7 Å². The number of ether oxygens (including phenoxy) is 4. The molecule has 1 fully saturated rings. The van der Waals surface area contributed by atoms with Gasteiger partial charge in [-0.1, -0.05) is 36.4 Å². The average molecular weight is 556 g/mol. The highest BCUT2D eigenvalue weighted by Gasteiger charge is 2.56. The van der Waals surface area contributed by atoms with E-state index in [1.165, 1.54) is 0 Å². The monoisotopic (exact) mass is 555 g/mol. The summed E-state index contributed by atoms with van der Waals surface area (Å²) < 4.78 is 22.2. The van der Waals surface area contributed by atoms with E-state index >= 15 is 0 Å². The Morgan fingerprint density at radius 2 is 1.54 bits per heavy atom. The van der Waals surface area contributed by atoms with Crippen LogP contribution in [0.2, 0.25) is 0 Å². The minimum Gasteiger partial charge on any atom is -0.496 e. The van der Waals surface area contributed by atoms with Crippen LogP contribution in [0.25, 0.3) is 10.9 Å². The van der Waals surface area contributed by atoms with Crippen molar-refractivity contribution in [3.05, 3.63) is 83.0 Å². The molecule has 0 bridgehead atoms. The van der Waals surface area contributed by atoms with Crippen LogP contribution in [0.15, 0.2) is 60.7 Å². The number of H-pyrrole nitrogens is 1. The summed E-state index contributed by atoms with van der Waals surface area (Å²) >= 11 is 0. The zero-order valence-corrected chi connectivity index (χ0v) is 23.8. The summed E-state index contributed by atoms with van der Waals surface area (Å²) in [6.07, 6.45) is 0. The second-order valence-corrected chi connectivity index (χ2v) is 10.5. The summed E-state index contributed by atoms with van der Waals surface area (Å²) in [4.78, 5) is 35.3. The maximum atomic E-state index is 14.5. The molecule has 1 N–H and O–H groups in total. The Morgan fingerprint density at radius 3 is 2.22 bits per heavy atom. The Morgan fingerprint density at radius 1 is 0.878 bits per heavy atom. The van der Waals surface area contributed by atoms with Gasteiger partial charge >= 0.3 is 0 Å². The third kappa shape index (κ3) is 3.98. The lowest BCUT2D eigenvalue weighted by molar-refractivity contribution is -0.166. The molecule has 212 valence electrons. The van der Waals surface area contributed by atoms with Crippen molar-refractivity contribution in [2.24, 2.45) is 0 Å². The normalized spacial score (nSPS) is 20.1. The fourth-order valence-corrected chi connectivity index (χ4v) is 6.49. The van der Waals surface area contributed by atoms with Crippen LogP contribution >= 0.6 is 0 Å². The number of piperazine rings is 1. The molecule has 0 saturated carbocycles. The second-order valence-electron chi connectivity index (χ2n) is 10.5. The first-order chi connectivity index (χ1) is 19.8. The predicted molar refractivity (Wildman–Crippen MR) is 154 cm³/mol. The molecule has 41 heavy (non-hydrogen) atoms. The van der Waals surface area contributed by atoms with Crippen molar-refractivity contribution in [1.82, 2.24) is 14.8 Å². The number of methoxy groups -OCH3 is 4. The van der Waals surface area contributed by atoms with Crippen LogP contribution in [-0.4, -0.2) is 68.1 Å². The molecular formula is C32H33N3O6. The van der Waals surface area contributed by atoms with E-state index in [-0.39, 0.29) is 30.8 Å². The van der Waals surface area contributed by atoms with E-state index in [0.29, 0.717) is 23.8 Å². The number of rotatable bonds is 7. The Kier molecular flexibility index (Phi) is 6.52. The quantitative estimate of drug-likeness (QED) is 0.363. The Hall–Kier alpha value is -4.66. The Labute approximate surface area is 238 Å². The topological polar surface area (TPSA) is 93.3 Å². The summed E-state index contributed by atoms with van der Waals surface area (Å²) in [7, 11) is 6.29. The van der Waals surface area contributed by atoms with Crippen molar-refractivity contribution in [2.75, 3.05) is 41.5 Å². The van der Waals surface area contributed by atoms with Crippen LogP contribution in [0.3, 0.4) is 0 Å². The molecule has 0 aliphatic carbocycles. The maximum Gasteiger partial charge on any atom is 0.255 e. The molecule has 2 aliphatic rings. The molecule has 0 spiro atoms. The number of hydrogen-bond acceptors (Lipinski definition) is 6. The number of nitrogens with one attached hydrogen (secondary N) is 1. The minimum absolute atomic E-state index is 0.0424. The molecule has 0 unspecified atom stereocenters. The highest BCUT2D eigenvalue weighted by atomic mass is 16.5. The zero-order valence-electron chi connectivity index (χ0n) is 23.8. The average Bonchev–Trinajstić information content (AvgIpc) is 3.40.